The van der Waals surface area contributed by atoms with E-state index in [2.05, 4.69) is 38.1 Å². The van der Waals surface area contributed by atoms with Gasteiger partial charge in [-0.3, -0.25) is 0 Å². The Balaban J connectivity index is 1.87. The molecule has 2 aromatic carbocycles. The van der Waals surface area contributed by atoms with E-state index < -0.39 is 12.5 Å². The maximum atomic E-state index is 13.4. The lowest BCUT2D eigenvalue weighted by molar-refractivity contribution is 0.464. The van der Waals surface area contributed by atoms with Gasteiger partial charge in [0, 0.05) is 21.7 Å². The average Bonchev–Trinajstić information content (AvgIpc) is 3.00. The highest BCUT2D eigenvalue weighted by molar-refractivity contribution is 7.15. The Bertz CT molecular complexity index is 833. The molecule has 0 bridgehead atoms. The monoisotopic (exact) mass is 328 g/mol. The summed E-state index contributed by atoms with van der Waals surface area (Å²) >= 11 is 1.68. The Morgan fingerprint density at radius 1 is 0.913 bits per heavy atom. The molecule has 1 heterocycles. The summed E-state index contributed by atoms with van der Waals surface area (Å²) in [6, 6.07) is 15.3. The van der Waals surface area contributed by atoms with Crippen LogP contribution in [-0.2, 0) is 13.1 Å². The zero-order chi connectivity index (χ0) is 16.4. The molecular weight excluding hydrogens is 310 g/mol. The van der Waals surface area contributed by atoms with E-state index >= 15 is 0 Å². The average molecular weight is 328 g/mol. The maximum absolute atomic E-state index is 13.4. The van der Waals surface area contributed by atoms with Crippen molar-refractivity contribution < 1.29 is 8.78 Å². The molecule has 0 saturated heterocycles. The van der Waals surface area contributed by atoms with Crippen LogP contribution in [0.2, 0.25) is 0 Å². The molecule has 3 rings (SSSR count). The van der Waals surface area contributed by atoms with E-state index in [1.807, 2.05) is 6.07 Å². The second-order valence-corrected chi connectivity index (χ2v) is 6.98. The lowest BCUT2D eigenvalue weighted by Gasteiger charge is -2.05. The highest BCUT2D eigenvalue weighted by Crippen LogP contribution is 2.31. The number of benzene rings is 2. The zero-order valence-corrected chi connectivity index (χ0v) is 14.0. The van der Waals surface area contributed by atoms with Gasteiger partial charge in [0.25, 0.3) is 0 Å². The van der Waals surface area contributed by atoms with Gasteiger partial charge in [-0.15, -0.1) is 11.3 Å². The Morgan fingerprint density at radius 3 is 2.52 bits per heavy atom. The molecule has 0 nitrogen and oxygen atoms in total. The van der Waals surface area contributed by atoms with E-state index in [4.69, 9.17) is 0 Å². The quantitative estimate of drug-likeness (QED) is 0.532. The van der Waals surface area contributed by atoms with Gasteiger partial charge in [0.15, 0.2) is 0 Å². The summed E-state index contributed by atoms with van der Waals surface area (Å²) < 4.78 is 26.2. The Hall–Kier alpha value is -2.00. The Labute approximate surface area is 139 Å². The smallest absolute Gasteiger partial charge is 0.129 e. The van der Waals surface area contributed by atoms with Gasteiger partial charge in [-0.05, 0) is 54.8 Å². The fourth-order valence-electron chi connectivity index (χ4n) is 2.64. The van der Waals surface area contributed by atoms with E-state index in [9.17, 15) is 8.78 Å². The fraction of sp³-hybridized carbons (Fsp3) is 0.200. The summed E-state index contributed by atoms with van der Waals surface area (Å²) in [5.74, 6) is -0.483. The van der Waals surface area contributed by atoms with Crippen molar-refractivity contribution in [2.75, 3.05) is 0 Å². The third kappa shape index (κ3) is 3.50. The summed E-state index contributed by atoms with van der Waals surface area (Å²) in [5, 5.41) is 0. The van der Waals surface area contributed by atoms with Crippen LogP contribution in [0.25, 0.3) is 10.4 Å². The van der Waals surface area contributed by atoms with Gasteiger partial charge in [0.05, 0.1) is 0 Å². The van der Waals surface area contributed by atoms with Gasteiger partial charge in [-0.1, -0.05) is 29.8 Å². The normalized spacial score (nSPS) is 11.0. The minimum atomic E-state index is -0.777. The lowest BCUT2D eigenvalue weighted by Crippen LogP contribution is -1.90. The van der Waals surface area contributed by atoms with Crippen LogP contribution in [0.1, 0.15) is 27.1 Å². The second kappa shape index (κ2) is 6.63. The van der Waals surface area contributed by atoms with Crippen molar-refractivity contribution in [2.24, 2.45) is 0 Å². The van der Waals surface area contributed by atoms with Gasteiger partial charge >= 0.3 is 0 Å². The zero-order valence-electron chi connectivity index (χ0n) is 13.2. The molecule has 1 aromatic heterocycles. The summed E-state index contributed by atoms with van der Waals surface area (Å²) in [7, 11) is 0. The first-order chi connectivity index (χ1) is 11.1. The number of halogens is 2. The molecule has 0 atom stereocenters. The first-order valence-electron chi connectivity index (χ1n) is 7.56. The largest absolute Gasteiger partial charge is 0.246 e. The molecule has 118 valence electrons. The maximum Gasteiger partial charge on any atom is 0.129 e. The molecule has 0 radical (unpaired) electrons. The van der Waals surface area contributed by atoms with E-state index in [0.29, 0.717) is 0 Å². The van der Waals surface area contributed by atoms with E-state index in [1.165, 1.54) is 27.6 Å². The van der Waals surface area contributed by atoms with E-state index in [1.54, 1.807) is 23.5 Å². The molecule has 0 N–H and O–H groups in total. The van der Waals surface area contributed by atoms with Crippen LogP contribution >= 0.6 is 11.3 Å². The standard InChI is InChI=1S/C20H18F2S/c1-13-3-4-14(2)16(9-13)11-18-6-8-20(23-18)15-5-7-19(22)17(10-15)12-21/h3-10H,11-12H2,1-2H3. The molecule has 23 heavy (non-hydrogen) atoms. The number of rotatable bonds is 4. The Morgan fingerprint density at radius 2 is 1.74 bits per heavy atom. The van der Waals surface area contributed by atoms with Gasteiger partial charge < -0.3 is 0 Å². The van der Waals surface area contributed by atoms with Crippen molar-refractivity contribution in [3.8, 4) is 10.4 Å². The van der Waals surface area contributed by atoms with E-state index in [0.717, 1.165) is 16.9 Å². The van der Waals surface area contributed by atoms with Crippen LogP contribution in [0.4, 0.5) is 8.78 Å². The molecule has 3 aromatic rings. The predicted octanol–water partition coefficient (Wildman–Crippen LogP) is 6.23. The van der Waals surface area contributed by atoms with Gasteiger partial charge in [-0.25, -0.2) is 8.78 Å². The summed E-state index contributed by atoms with van der Waals surface area (Å²) in [5.41, 5.74) is 4.85. The van der Waals surface area contributed by atoms with E-state index in [-0.39, 0.29) is 5.56 Å². The third-order valence-electron chi connectivity index (χ3n) is 4.01. The highest BCUT2D eigenvalue weighted by atomic mass is 32.1. The fourth-order valence-corrected chi connectivity index (χ4v) is 3.66. The highest BCUT2D eigenvalue weighted by Gasteiger charge is 2.09. The van der Waals surface area contributed by atoms with Crippen LogP contribution in [0, 0.1) is 19.7 Å². The van der Waals surface area contributed by atoms with Crippen molar-refractivity contribution in [2.45, 2.75) is 26.9 Å². The number of alkyl halides is 1. The van der Waals surface area contributed by atoms with Crippen LogP contribution in [0.3, 0.4) is 0 Å². The topological polar surface area (TPSA) is 0 Å². The third-order valence-corrected chi connectivity index (χ3v) is 5.14. The molecule has 0 fully saturated rings. The lowest BCUT2D eigenvalue weighted by atomic mass is 10.0. The van der Waals surface area contributed by atoms with Gasteiger partial charge in [-0.2, -0.15) is 0 Å². The van der Waals surface area contributed by atoms with Crippen molar-refractivity contribution in [1.29, 1.82) is 0 Å². The molecule has 0 aliphatic rings. The van der Waals surface area contributed by atoms with Gasteiger partial charge in [0.2, 0.25) is 0 Å². The van der Waals surface area contributed by atoms with Crippen LogP contribution < -0.4 is 0 Å². The minimum absolute atomic E-state index is 0.118. The van der Waals surface area contributed by atoms with Crippen LogP contribution in [0.15, 0.2) is 48.5 Å². The second-order valence-electron chi connectivity index (χ2n) is 5.81. The van der Waals surface area contributed by atoms with Crippen LogP contribution in [-0.4, -0.2) is 0 Å². The molecule has 0 aliphatic heterocycles. The van der Waals surface area contributed by atoms with Gasteiger partial charge in [0.1, 0.15) is 12.5 Å². The van der Waals surface area contributed by atoms with Crippen molar-refractivity contribution in [1.82, 2.24) is 0 Å². The number of aryl methyl sites for hydroxylation is 2. The molecule has 0 unspecified atom stereocenters. The molecule has 0 spiro atoms. The molecule has 0 saturated carbocycles. The van der Waals surface area contributed by atoms with Crippen molar-refractivity contribution in [3.05, 3.63) is 81.5 Å². The van der Waals surface area contributed by atoms with Crippen LogP contribution in [0.5, 0.6) is 0 Å². The molecular formula is C20H18F2S. The number of thiophene rings is 1. The Kier molecular flexibility index (Phi) is 4.58. The molecule has 0 aliphatic carbocycles. The number of hydrogen-bond donors (Lipinski definition) is 0. The first-order valence-corrected chi connectivity index (χ1v) is 8.38. The first kappa shape index (κ1) is 15.9. The molecule has 0 amide bonds. The summed E-state index contributed by atoms with van der Waals surface area (Å²) in [6.07, 6.45) is 0.884. The van der Waals surface area contributed by atoms with Crippen molar-refractivity contribution in [3.63, 3.8) is 0 Å². The molecule has 3 heteroatoms. The summed E-state index contributed by atoms with van der Waals surface area (Å²) in [6.45, 7) is 3.44. The predicted molar refractivity (Wildman–Crippen MR) is 93.2 cm³/mol. The van der Waals surface area contributed by atoms with Crippen molar-refractivity contribution >= 4 is 11.3 Å². The number of hydrogen-bond acceptors (Lipinski definition) is 1. The SMILES string of the molecule is Cc1ccc(C)c(Cc2ccc(-c3ccc(F)c(CF)c3)s2)c1. The minimum Gasteiger partial charge on any atom is -0.246 e. The summed E-state index contributed by atoms with van der Waals surface area (Å²) in [4.78, 5) is 2.29.